The Morgan fingerprint density at radius 1 is 1.06 bits per heavy atom. The Morgan fingerprint density at radius 3 is 2.55 bits per heavy atom. The Bertz CT molecular complexity index is 1090. The Morgan fingerprint density at radius 2 is 1.77 bits per heavy atom. The lowest BCUT2D eigenvalue weighted by Crippen LogP contribution is -2.38. The molecule has 0 radical (unpaired) electrons. The van der Waals surface area contributed by atoms with E-state index in [0.29, 0.717) is 5.56 Å². The second kappa shape index (κ2) is 9.43. The molecule has 2 aromatic rings. The summed E-state index contributed by atoms with van der Waals surface area (Å²) < 4.78 is 29.0. The molecule has 0 saturated heterocycles. The Balaban J connectivity index is 1.54. The maximum atomic E-state index is 12.5. The number of hydrogen-bond donors (Lipinski definition) is 1. The summed E-state index contributed by atoms with van der Waals surface area (Å²) in [7, 11) is -3.77. The van der Waals surface area contributed by atoms with Crippen molar-refractivity contribution in [2.24, 2.45) is 9.50 Å². The summed E-state index contributed by atoms with van der Waals surface area (Å²) in [4.78, 5) is 12.7. The fraction of sp³-hybridized carbons (Fsp3) is 0.348. The van der Waals surface area contributed by atoms with E-state index in [-0.39, 0.29) is 35.6 Å². The number of carbonyl (C=O) groups is 1. The number of benzene rings is 2. The lowest BCUT2D eigenvalue weighted by Gasteiger charge is -2.24. The largest absolute Gasteiger partial charge is 0.353 e. The number of nitrogens with zero attached hydrogens (tertiary/aromatic N) is 3. The van der Waals surface area contributed by atoms with Gasteiger partial charge in [-0.15, -0.1) is 4.40 Å². The zero-order chi connectivity index (χ0) is 21.7. The average molecular weight is 439 g/mol. The number of amides is 1. The highest BCUT2D eigenvalue weighted by Crippen LogP contribution is 2.27. The van der Waals surface area contributed by atoms with Crippen molar-refractivity contribution in [3.05, 3.63) is 65.7 Å². The monoisotopic (exact) mass is 438 g/mol. The molecule has 2 aliphatic rings. The van der Waals surface area contributed by atoms with Gasteiger partial charge in [0.2, 0.25) is 5.91 Å². The van der Waals surface area contributed by atoms with E-state index < -0.39 is 10.0 Å². The van der Waals surface area contributed by atoms with Gasteiger partial charge in [0.1, 0.15) is 4.90 Å². The predicted octanol–water partition coefficient (Wildman–Crippen LogP) is 3.31. The Labute approximate surface area is 182 Å². The van der Waals surface area contributed by atoms with E-state index in [1.54, 1.807) is 24.4 Å². The Hall–Kier alpha value is -3.00. The highest BCUT2D eigenvalue weighted by atomic mass is 32.2. The smallest absolute Gasteiger partial charge is 0.285 e. The SMILES string of the molecule is O=C(CCN(N=Cc1ccccc1)C1=NS(=O)(=O)c2ccccc21)NC1CCCCC1. The van der Waals surface area contributed by atoms with Crippen molar-refractivity contribution in [2.75, 3.05) is 6.54 Å². The van der Waals surface area contributed by atoms with Crippen molar-refractivity contribution in [3.8, 4) is 0 Å². The van der Waals surface area contributed by atoms with Crippen LogP contribution in [0.1, 0.15) is 49.7 Å². The summed E-state index contributed by atoms with van der Waals surface area (Å²) in [6, 6.07) is 16.4. The molecule has 0 spiro atoms. The molecular weight excluding hydrogens is 412 g/mol. The molecule has 0 aromatic heterocycles. The standard InChI is InChI=1S/C23H26N4O3S/c28-22(25-19-11-5-2-6-12-19)15-16-27(24-17-18-9-3-1-4-10-18)23-20-13-7-8-14-21(20)31(29,30)26-23/h1,3-4,7-10,13-14,17,19H,2,5-6,11-12,15-16H2,(H,25,28). The number of carbonyl (C=O) groups excluding carboxylic acids is 1. The Kier molecular flexibility index (Phi) is 6.46. The fourth-order valence-corrected chi connectivity index (χ4v) is 5.13. The van der Waals surface area contributed by atoms with Gasteiger partial charge in [-0.05, 0) is 30.5 Å². The zero-order valence-corrected chi connectivity index (χ0v) is 18.1. The first-order valence-corrected chi connectivity index (χ1v) is 12.1. The molecule has 1 aliphatic heterocycles. The van der Waals surface area contributed by atoms with Gasteiger partial charge in [0.05, 0.1) is 12.8 Å². The van der Waals surface area contributed by atoms with Crippen molar-refractivity contribution in [3.63, 3.8) is 0 Å². The fourth-order valence-electron chi connectivity index (χ4n) is 3.92. The van der Waals surface area contributed by atoms with E-state index in [9.17, 15) is 13.2 Å². The maximum Gasteiger partial charge on any atom is 0.285 e. The normalized spacial score (nSPS) is 17.9. The van der Waals surface area contributed by atoms with Crippen molar-refractivity contribution in [1.82, 2.24) is 10.3 Å². The first-order chi connectivity index (χ1) is 15.0. The quantitative estimate of drug-likeness (QED) is 0.553. The molecule has 0 bridgehead atoms. The van der Waals surface area contributed by atoms with Crippen LogP contribution in [0.15, 0.2) is 69.0 Å². The number of fused-ring (bicyclic) bond motifs is 1. The summed E-state index contributed by atoms with van der Waals surface area (Å²) in [6.45, 7) is 0.227. The summed E-state index contributed by atoms with van der Waals surface area (Å²) in [6.07, 6.45) is 7.38. The second-order valence-electron chi connectivity index (χ2n) is 7.82. The zero-order valence-electron chi connectivity index (χ0n) is 17.3. The first-order valence-electron chi connectivity index (χ1n) is 10.6. The van der Waals surface area contributed by atoms with Crippen LogP contribution in [0.5, 0.6) is 0 Å². The van der Waals surface area contributed by atoms with E-state index >= 15 is 0 Å². The lowest BCUT2D eigenvalue weighted by molar-refractivity contribution is -0.122. The predicted molar refractivity (Wildman–Crippen MR) is 121 cm³/mol. The molecule has 1 saturated carbocycles. The van der Waals surface area contributed by atoms with Gasteiger partial charge in [-0.2, -0.15) is 13.5 Å². The minimum absolute atomic E-state index is 0.0541. The molecule has 0 atom stereocenters. The van der Waals surface area contributed by atoms with Crippen LogP contribution in [0.25, 0.3) is 0 Å². The molecule has 7 nitrogen and oxygen atoms in total. The molecular formula is C23H26N4O3S. The number of rotatable bonds is 6. The van der Waals surface area contributed by atoms with Crippen molar-refractivity contribution in [1.29, 1.82) is 0 Å². The molecule has 0 unspecified atom stereocenters. The third-order valence-electron chi connectivity index (χ3n) is 5.52. The van der Waals surface area contributed by atoms with Crippen LogP contribution < -0.4 is 5.32 Å². The van der Waals surface area contributed by atoms with Crippen molar-refractivity contribution < 1.29 is 13.2 Å². The molecule has 1 heterocycles. The van der Waals surface area contributed by atoms with Gasteiger partial charge in [-0.3, -0.25) is 4.79 Å². The molecule has 1 fully saturated rings. The first kappa shape index (κ1) is 21.2. The third-order valence-corrected chi connectivity index (χ3v) is 6.85. The number of hydrogen-bond acceptors (Lipinski definition) is 5. The van der Waals surface area contributed by atoms with Crippen molar-refractivity contribution >= 4 is 28.0 Å². The van der Waals surface area contributed by atoms with Crippen LogP contribution in [0.2, 0.25) is 0 Å². The average Bonchev–Trinajstić information content (AvgIpc) is 3.06. The number of hydrazone groups is 1. The van der Waals surface area contributed by atoms with E-state index in [1.807, 2.05) is 30.3 Å². The van der Waals surface area contributed by atoms with E-state index in [4.69, 9.17) is 0 Å². The van der Waals surface area contributed by atoms with Crippen LogP contribution in [0.3, 0.4) is 0 Å². The summed E-state index contributed by atoms with van der Waals surface area (Å²) in [5.41, 5.74) is 1.37. The molecule has 1 N–H and O–H groups in total. The minimum atomic E-state index is -3.77. The molecule has 1 aliphatic carbocycles. The van der Waals surface area contributed by atoms with Gasteiger partial charge in [-0.1, -0.05) is 61.7 Å². The van der Waals surface area contributed by atoms with E-state index in [2.05, 4.69) is 14.8 Å². The summed E-state index contributed by atoms with van der Waals surface area (Å²) >= 11 is 0. The van der Waals surface area contributed by atoms with Crippen LogP contribution >= 0.6 is 0 Å². The van der Waals surface area contributed by atoms with Crippen LogP contribution in [0.4, 0.5) is 0 Å². The second-order valence-corrected chi connectivity index (χ2v) is 9.39. The van der Waals surface area contributed by atoms with Gasteiger partial charge in [-0.25, -0.2) is 5.01 Å². The third kappa shape index (κ3) is 5.19. The molecule has 162 valence electrons. The van der Waals surface area contributed by atoms with E-state index in [0.717, 1.165) is 31.2 Å². The molecule has 4 rings (SSSR count). The van der Waals surface area contributed by atoms with Gasteiger partial charge >= 0.3 is 0 Å². The van der Waals surface area contributed by atoms with Gasteiger partial charge < -0.3 is 5.32 Å². The van der Waals surface area contributed by atoms with Crippen LogP contribution in [0, 0.1) is 0 Å². The highest BCUT2D eigenvalue weighted by Gasteiger charge is 2.32. The topological polar surface area (TPSA) is 91.2 Å². The van der Waals surface area contributed by atoms with Crippen LogP contribution in [-0.4, -0.2) is 44.0 Å². The minimum Gasteiger partial charge on any atom is -0.353 e. The van der Waals surface area contributed by atoms with Crippen LogP contribution in [-0.2, 0) is 14.8 Å². The summed E-state index contributed by atoms with van der Waals surface area (Å²) in [5, 5.41) is 9.10. The number of sulfonamides is 1. The van der Waals surface area contributed by atoms with Gasteiger partial charge in [0.25, 0.3) is 10.0 Å². The van der Waals surface area contributed by atoms with Gasteiger partial charge in [0.15, 0.2) is 5.84 Å². The molecule has 8 heteroatoms. The maximum absolute atomic E-state index is 12.5. The highest BCUT2D eigenvalue weighted by molar-refractivity contribution is 7.90. The molecule has 31 heavy (non-hydrogen) atoms. The molecule has 1 amide bonds. The molecule has 2 aromatic carbocycles. The van der Waals surface area contributed by atoms with Crippen molar-refractivity contribution in [2.45, 2.75) is 49.5 Å². The summed E-state index contributed by atoms with van der Waals surface area (Å²) in [5.74, 6) is 0.190. The lowest BCUT2D eigenvalue weighted by atomic mass is 9.95. The van der Waals surface area contributed by atoms with Gasteiger partial charge in [0, 0.05) is 18.0 Å². The number of amidine groups is 1. The van der Waals surface area contributed by atoms with E-state index in [1.165, 1.54) is 17.5 Å². The number of nitrogens with one attached hydrogen (secondary N) is 1.